The van der Waals surface area contributed by atoms with E-state index < -0.39 is 0 Å². The molecule has 2 aromatic rings. The summed E-state index contributed by atoms with van der Waals surface area (Å²) in [6.07, 6.45) is 4.87. The van der Waals surface area contributed by atoms with Gasteiger partial charge in [0.1, 0.15) is 5.76 Å². The Kier molecular flexibility index (Phi) is 5.52. The number of carbonyl (C=O) groups is 1. The average molecular weight is 303 g/mol. The Labute approximate surface area is 129 Å². The molecule has 0 bridgehead atoms. The van der Waals surface area contributed by atoms with Gasteiger partial charge in [0.25, 0.3) is 5.91 Å². The number of hydrogen-bond acceptors (Lipinski definition) is 5. The minimum absolute atomic E-state index is 0.0625. The van der Waals surface area contributed by atoms with Crippen molar-refractivity contribution in [2.45, 2.75) is 46.3 Å². The molecule has 0 fully saturated rings. The van der Waals surface area contributed by atoms with Crippen LogP contribution in [0.15, 0.2) is 28.9 Å². The van der Waals surface area contributed by atoms with Gasteiger partial charge < -0.3 is 14.5 Å². The molecule has 22 heavy (non-hydrogen) atoms. The smallest absolute Gasteiger partial charge is 0.251 e. The second-order valence-corrected chi connectivity index (χ2v) is 4.98. The maximum absolute atomic E-state index is 12.1. The van der Waals surface area contributed by atoms with Gasteiger partial charge in [-0.15, -0.1) is 0 Å². The number of oxazole rings is 1. The van der Waals surface area contributed by atoms with Gasteiger partial charge >= 0.3 is 0 Å². The van der Waals surface area contributed by atoms with Crippen molar-refractivity contribution in [2.75, 3.05) is 0 Å². The standard InChI is InChI=1S/C16H21N3O3/c1-4-11(3)21-15-8-12(6-7-17-15)16(20)19-10-13-9-18-14(5-2)22-13/h6-9,11H,4-5,10H2,1-3H3,(H,19,20). The monoisotopic (exact) mass is 303 g/mol. The molecule has 0 aromatic carbocycles. The van der Waals surface area contributed by atoms with Crippen molar-refractivity contribution in [2.24, 2.45) is 0 Å². The molecule has 0 aliphatic rings. The summed E-state index contributed by atoms with van der Waals surface area (Å²) < 4.78 is 11.1. The van der Waals surface area contributed by atoms with Crippen LogP contribution in [0.5, 0.6) is 5.88 Å². The predicted molar refractivity (Wildman–Crippen MR) is 81.7 cm³/mol. The quantitative estimate of drug-likeness (QED) is 0.851. The Morgan fingerprint density at radius 3 is 2.91 bits per heavy atom. The van der Waals surface area contributed by atoms with Crippen molar-refractivity contribution in [1.82, 2.24) is 15.3 Å². The number of nitrogens with one attached hydrogen (secondary N) is 1. The molecule has 6 nitrogen and oxygen atoms in total. The van der Waals surface area contributed by atoms with Crippen LogP contribution in [0.4, 0.5) is 0 Å². The second kappa shape index (κ2) is 7.59. The number of aromatic nitrogens is 2. The Bertz CT molecular complexity index is 625. The fourth-order valence-corrected chi connectivity index (χ4v) is 1.77. The first kappa shape index (κ1) is 16.0. The number of amides is 1. The van der Waals surface area contributed by atoms with E-state index in [-0.39, 0.29) is 12.0 Å². The van der Waals surface area contributed by atoms with Crippen molar-refractivity contribution in [1.29, 1.82) is 0 Å². The Balaban J connectivity index is 1.95. The van der Waals surface area contributed by atoms with Crippen molar-refractivity contribution in [3.8, 4) is 5.88 Å². The number of carbonyl (C=O) groups excluding carboxylic acids is 1. The van der Waals surface area contributed by atoms with E-state index in [1.54, 1.807) is 24.5 Å². The summed E-state index contributed by atoms with van der Waals surface area (Å²) in [5, 5.41) is 2.79. The molecule has 0 saturated carbocycles. The first-order valence-corrected chi connectivity index (χ1v) is 7.46. The molecule has 0 radical (unpaired) electrons. The molecule has 1 atom stereocenters. The van der Waals surface area contributed by atoms with Gasteiger partial charge in [0.15, 0.2) is 5.89 Å². The minimum atomic E-state index is -0.203. The lowest BCUT2D eigenvalue weighted by atomic mass is 10.2. The molecule has 0 aliphatic carbocycles. The van der Waals surface area contributed by atoms with Crippen molar-refractivity contribution in [3.05, 3.63) is 41.7 Å². The lowest BCUT2D eigenvalue weighted by Crippen LogP contribution is -2.22. The van der Waals surface area contributed by atoms with Gasteiger partial charge in [-0.1, -0.05) is 13.8 Å². The maximum atomic E-state index is 12.1. The largest absolute Gasteiger partial charge is 0.475 e. The number of hydrogen-bond donors (Lipinski definition) is 1. The summed E-state index contributed by atoms with van der Waals surface area (Å²) in [4.78, 5) is 20.4. The molecule has 0 spiro atoms. The number of nitrogens with zero attached hydrogens (tertiary/aromatic N) is 2. The highest BCUT2D eigenvalue weighted by Crippen LogP contribution is 2.12. The molecule has 0 saturated heterocycles. The van der Waals surface area contributed by atoms with Gasteiger partial charge in [-0.2, -0.15) is 0 Å². The van der Waals surface area contributed by atoms with Crippen LogP contribution in [0.2, 0.25) is 0 Å². The lowest BCUT2D eigenvalue weighted by molar-refractivity contribution is 0.0946. The number of aryl methyl sites for hydroxylation is 1. The molecule has 1 N–H and O–H groups in total. The zero-order valence-corrected chi connectivity index (χ0v) is 13.1. The van der Waals surface area contributed by atoms with E-state index in [1.807, 2.05) is 20.8 Å². The van der Waals surface area contributed by atoms with E-state index in [0.717, 1.165) is 12.8 Å². The first-order valence-electron chi connectivity index (χ1n) is 7.46. The predicted octanol–water partition coefficient (Wildman–Crippen LogP) is 2.74. The van der Waals surface area contributed by atoms with Gasteiger partial charge in [0.2, 0.25) is 5.88 Å². The number of pyridine rings is 1. The van der Waals surface area contributed by atoms with Gasteiger partial charge in [-0.25, -0.2) is 9.97 Å². The summed E-state index contributed by atoms with van der Waals surface area (Å²) in [5.74, 6) is 1.55. The van der Waals surface area contributed by atoms with Gasteiger partial charge in [0, 0.05) is 24.2 Å². The van der Waals surface area contributed by atoms with Crippen molar-refractivity contribution in [3.63, 3.8) is 0 Å². The summed E-state index contributed by atoms with van der Waals surface area (Å²) in [6.45, 7) is 6.26. The highest BCUT2D eigenvalue weighted by Gasteiger charge is 2.10. The molecule has 1 amide bonds. The Morgan fingerprint density at radius 2 is 2.23 bits per heavy atom. The zero-order valence-electron chi connectivity index (χ0n) is 13.1. The molecule has 0 aliphatic heterocycles. The number of ether oxygens (including phenoxy) is 1. The minimum Gasteiger partial charge on any atom is -0.475 e. The third kappa shape index (κ3) is 4.31. The normalized spacial score (nSPS) is 12.0. The topological polar surface area (TPSA) is 77.2 Å². The van der Waals surface area contributed by atoms with E-state index >= 15 is 0 Å². The Hall–Kier alpha value is -2.37. The van der Waals surface area contributed by atoms with Crippen LogP contribution in [0, 0.1) is 0 Å². The van der Waals surface area contributed by atoms with Crippen LogP contribution in [0.25, 0.3) is 0 Å². The van der Waals surface area contributed by atoms with E-state index in [1.165, 1.54) is 0 Å². The van der Waals surface area contributed by atoms with Crippen LogP contribution in [-0.4, -0.2) is 22.0 Å². The molecule has 1 unspecified atom stereocenters. The van der Waals surface area contributed by atoms with Crippen LogP contribution in [0.1, 0.15) is 49.2 Å². The molecule has 6 heteroatoms. The van der Waals surface area contributed by atoms with Crippen LogP contribution < -0.4 is 10.1 Å². The van der Waals surface area contributed by atoms with Crippen LogP contribution >= 0.6 is 0 Å². The summed E-state index contributed by atoms with van der Waals surface area (Å²) >= 11 is 0. The average Bonchev–Trinajstić information content (AvgIpc) is 3.00. The second-order valence-electron chi connectivity index (χ2n) is 4.98. The lowest BCUT2D eigenvalue weighted by Gasteiger charge is -2.12. The summed E-state index contributed by atoms with van der Waals surface area (Å²) in [6, 6.07) is 3.29. The molecule has 2 aromatic heterocycles. The van der Waals surface area contributed by atoms with E-state index in [4.69, 9.17) is 9.15 Å². The summed E-state index contributed by atoms with van der Waals surface area (Å²) in [7, 11) is 0. The maximum Gasteiger partial charge on any atom is 0.251 e. The summed E-state index contributed by atoms with van der Waals surface area (Å²) in [5.41, 5.74) is 0.503. The number of rotatable bonds is 7. The fourth-order valence-electron chi connectivity index (χ4n) is 1.77. The fraction of sp³-hybridized carbons (Fsp3) is 0.438. The molecule has 2 heterocycles. The highest BCUT2D eigenvalue weighted by molar-refractivity contribution is 5.94. The van der Waals surface area contributed by atoms with E-state index in [2.05, 4.69) is 15.3 Å². The molecular weight excluding hydrogens is 282 g/mol. The van der Waals surface area contributed by atoms with Gasteiger partial charge in [-0.05, 0) is 19.4 Å². The van der Waals surface area contributed by atoms with Crippen LogP contribution in [0.3, 0.4) is 0 Å². The zero-order chi connectivity index (χ0) is 15.9. The molecule has 118 valence electrons. The molecule has 2 rings (SSSR count). The van der Waals surface area contributed by atoms with E-state index in [0.29, 0.717) is 29.6 Å². The van der Waals surface area contributed by atoms with Gasteiger partial charge in [-0.3, -0.25) is 4.79 Å². The van der Waals surface area contributed by atoms with Crippen molar-refractivity contribution < 1.29 is 13.9 Å². The Morgan fingerprint density at radius 1 is 1.41 bits per heavy atom. The highest BCUT2D eigenvalue weighted by atomic mass is 16.5. The molecular formula is C16H21N3O3. The SMILES string of the molecule is CCc1ncc(CNC(=O)c2ccnc(OC(C)CC)c2)o1. The third-order valence-electron chi connectivity index (χ3n) is 3.22. The van der Waals surface area contributed by atoms with Gasteiger partial charge in [0.05, 0.1) is 18.8 Å². The van der Waals surface area contributed by atoms with Crippen molar-refractivity contribution >= 4 is 5.91 Å². The first-order chi connectivity index (χ1) is 10.6. The van der Waals surface area contributed by atoms with Crippen LogP contribution in [-0.2, 0) is 13.0 Å². The van der Waals surface area contributed by atoms with E-state index in [9.17, 15) is 4.79 Å². The third-order valence-corrected chi connectivity index (χ3v) is 3.22.